The Morgan fingerprint density at radius 3 is 3.06 bits per heavy atom. The van der Waals surface area contributed by atoms with Crippen LogP contribution in [0.1, 0.15) is 30.2 Å². The standard InChI is InChI=1S/C13H20N2OS2/c1-17-10-4-2-7-15(8-6-10)13(16)12(14)11-5-3-9-18-11/h3,5,9-10,12H,2,4,6-8,14H2,1H3. The second-order valence-electron chi connectivity index (χ2n) is 4.61. The van der Waals surface area contributed by atoms with E-state index in [1.807, 2.05) is 34.2 Å². The fourth-order valence-electron chi connectivity index (χ4n) is 2.31. The summed E-state index contributed by atoms with van der Waals surface area (Å²) < 4.78 is 0. The van der Waals surface area contributed by atoms with Crippen molar-refractivity contribution in [2.24, 2.45) is 5.73 Å². The SMILES string of the molecule is CSC1CCCN(C(=O)C(N)c2cccs2)CC1. The molecule has 100 valence electrons. The van der Waals surface area contributed by atoms with Crippen LogP contribution in [0.4, 0.5) is 0 Å². The lowest BCUT2D eigenvalue weighted by molar-refractivity contribution is -0.132. The smallest absolute Gasteiger partial charge is 0.244 e. The number of thioether (sulfide) groups is 1. The van der Waals surface area contributed by atoms with Gasteiger partial charge in [-0.1, -0.05) is 6.07 Å². The Balaban J connectivity index is 1.96. The van der Waals surface area contributed by atoms with E-state index in [0.29, 0.717) is 5.25 Å². The summed E-state index contributed by atoms with van der Waals surface area (Å²) in [4.78, 5) is 15.3. The number of nitrogens with zero attached hydrogens (tertiary/aromatic N) is 1. The maximum absolute atomic E-state index is 12.3. The molecule has 1 aliphatic heterocycles. The molecule has 2 atom stereocenters. The van der Waals surface area contributed by atoms with E-state index in [-0.39, 0.29) is 5.91 Å². The highest BCUT2D eigenvalue weighted by atomic mass is 32.2. The third-order valence-electron chi connectivity index (χ3n) is 3.44. The van der Waals surface area contributed by atoms with E-state index in [4.69, 9.17) is 5.73 Å². The van der Waals surface area contributed by atoms with E-state index in [1.165, 1.54) is 6.42 Å². The van der Waals surface area contributed by atoms with Crippen molar-refractivity contribution in [3.63, 3.8) is 0 Å². The highest BCUT2D eigenvalue weighted by molar-refractivity contribution is 7.99. The van der Waals surface area contributed by atoms with Crippen LogP contribution in [0.5, 0.6) is 0 Å². The van der Waals surface area contributed by atoms with E-state index in [9.17, 15) is 4.79 Å². The molecule has 1 aliphatic rings. The van der Waals surface area contributed by atoms with Gasteiger partial charge in [0.15, 0.2) is 0 Å². The minimum Gasteiger partial charge on any atom is -0.341 e. The Morgan fingerprint density at radius 2 is 2.39 bits per heavy atom. The van der Waals surface area contributed by atoms with E-state index >= 15 is 0 Å². The van der Waals surface area contributed by atoms with E-state index < -0.39 is 6.04 Å². The molecule has 2 rings (SSSR count). The molecule has 3 nitrogen and oxygen atoms in total. The molecule has 1 fully saturated rings. The zero-order valence-corrected chi connectivity index (χ0v) is 12.3. The number of carbonyl (C=O) groups is 1. The lowest BCUT2D eigenvalue weighted by Gasteiger charge is -2.23. The lowest BCUT2D eigenvalue weighted by atomic mass is 10.2. The van der Waals surface area contributed by atoms with Crippen LogP contribution in [-0.2, 0) is 4.79 Å². The van der Waals surface area contributed by atoms with E-state index in [0.717, 1.165) is 30.8 Å². The Morgan fingerprint density at radius 1 is 1.56 bits per heavy atom. The van der Waals surface area contributed by atoms with Gasteiger partial charge in [-0.25, -0.2) is 0 Å². The second-order valence-corrected chi connectivity index (χ2v) is 6.72. The van der Waals surface area contributed by atoms with Gasteiger partial charge in [-0.15, -0.1) is 11.3 Å². The van der Waals surface area contributed by atoms with Crippen molar-refractivity contribution in [2.45, 2.75) is 30.6 Å². The summed E-state index contributed by atoms with van der Waals surface area (Å²) in [6, 6.07) is 3.41. The van der Waals surface area contributed by atoms with Crippen molar-refractivity contribution >= 4 is 29.0 Å². The Labute approximate surface area is 117 Å². The van der Waals surface area contributed by atoms with Crippen LogP contribution in [0.15, 0.2) is 17.5 Å². The number of hydrogen-bond acceptors (Lipinski definition) is 4. The predicted octanol–water partition coefficient (Wildman–Crippen LogP) is 2.49. The third kappa shape index (κ3) is 3.28. The zero-order chi connectivity index (χ0) is 13.0. The molecule has 1 aromatic heterocycles. The fraction of sp³-hybridized carbons (Fsp3) is 0.615. The normalized spacial score (nSPS) is 22.6. The van der Waals surface area contributed by atoms with Gasteiger partial charge in [0.25, 0.3) is 0 Å². The highest BCUT2D eigenvalue weighted by Gasteiger charge is 2.25. The Hall–Kier alpha value is -0.520. The average molecular weight is 284 g/mol. The topological polar surface area (TPSA) is 46.3 Å². The monoisotopic (exact) mass is 284 g/mol. The minimum atomic E-state index is -0.476. The van der Waals surface area contributed by atoms with Crippen molar-refractivity contribution < 1.29 is 4.79 Å². The molecule has 0 aliphatic carbocycles. The van der Waals surface area contributed by atoms with Gasteiger partial charge in [0.05, 0.1) is 0 Å². The van der Waals surface area contributed by atoms with Crippen LogP contribution in [0.25, 0.3) is 0 Å². The molecule has 0 bridgehead atoms. The molecule has 0 saturated carbocycles. The molecule has 5 heteroatoms. The van der Waals surface area contributed by atoms with Crippen LogP contribution in [0.3, 0.4) is 0 Å². The highest BCUT2D eigenvalue weighted by Crippen LogP contribution is 2.24. The van der Waals surface area contributed by atoms with Gasteiger partial charge in [0.2, 0.25) is 5.91 Å². The molecule has 2 heterocycles. The summed E-state index contributed by atoms with van der Waals surface area (Å²) in [7, 11) is 0. The van der Waals surface area contributed by atoms with Crippen LogP contribution in [0.2, 0.25) is 0 Å². The quantitative estimate of drug-likeness (QED) is 0.927. The first kappa shape index (κ1) is 13.9. The number of hydrogen-bond donors (Lipinski definition) is 1. The Kier molecular flexibility index (Phi) is 5.09. The summed E-state index contributed by atoms with van der Waals surface area (Å²) in [6.07, 6.45) is 5.54. The van der Waals surface area contributed by atoms with Crippen LogP contribution in [0, 0.1) is 0 Å². The first-order valence-corrected chi connectivity index (χ1v) is 8.49. The average Bonchev–Trinajstić information content (AvgIpc) is 2.82. The van der Waals surface area contributed by atoms with Crippen LogP contribution < -0.4 is 5.73 Å². The summed E-state index contributed by atoms with van der Waals surface area (Å²) >= 11 is 3.47. The van der Waals surface area contributed by atoms with Gasteiger partial charge in [-0.05, 0) is 37.0 Å². The largest absolute Gasteiger partial charge is 0.341 e. The number of thiophene rings is 1. The lowest BCUT2D eigenvalue weighted by Crippen LogP contribution is -2.39. The van der Waals surface area contributed by atoms with Crippen molar-refractivity contribution in [3.8, 4) is 0 Å². The first-order valence-electron chi connectivity index (χ1n) is 6.33. The Bertz CT molecular complexity index is 380. The van der Waals surface area contributed by atoms with Crippen LogP contribution >= 0.6 is 23.1 Å². The molecule has 0 radical (unpaired) electrons. The summed E-state index contributed by atoms with van der Waals surface area (Å²) in [6.45, 7) is 1.71. The molecular formula is C13H20N2OS2. The summed E-state index contributed by atoms with van der Waals surface area (Å²) in [5, 5.41) is 2.66. The van der Waals surface area contributed by atoms with Gasteiger partial charge in [0.1, 0.15) is 6.04 Å². The fourth-order valence-corrected chi connectivity index (χ4v) is 3.77. The third-order valence-corrected chi connectivity index (χ3v) is 5.53. The molecule has 0 spiro atoms. The second kappa shape index (κ2) is 6.59. The molecule has 1 amide bonds. The number of likely N-dealkylation sites (tertiary alicyclic amines) is 1. The maximum Gasteiger partial charge on any atom is 0.244 e. The molecule has 1 aromatic rings. The first-order chi connectivity index (χ1) is 8.72. The summed E-state index contributed by atoms with van der Waals surface area (Å²) in [5.74, 6) is 0.0826. The summed E-state index contributed by atoms with van der Waals surface area (Å²) in [5.41, 5.74) is 6.05. The van der Waals surface area contributed by atoms with Crippen molar-refractivity contribution in [3.05, 3.63) is 22.4 Å². The van der Waals surface area contributed by atoms with Gasteiger partial charge in [0, 0.05) is 23.2 Å². The van der Waals surface area contributed by atoms with Gasteiger partial charge in [-0.2, -0.15) is 11.8 Å². The minimum absolute atomic E-state index is 0.0826. The predicted molar refractivity (Wildman–Crippen MR) is 79.0 cm³/mol. The van der Waals surface area contributed by atoms with Gasteiger partial charge < -0.3 is 10.6 Å². The van der Waals surface area contributed by atoms with Crippen molar-refractivity contribution in [1.29, 1.82) is 0 Å². The molecule has 2 unspecified atom stereocenters. The zero-order valence-electron chi connectivity index (χ0n) is 10.7. The number of amides is 1. The number of carbonyl (C=O) groups excluding carboxylic acids is 1. The van der Waals surface area contributed by atoms with Gasteiger partial charge in [-0.3, -0.25) is 4.79 Å². The van der Waals surface area contributed by atoms with Crippen LogP contribution in [-0.4, -0.2) is 35.4 Å². The van der Waals surface area contributed by atoms with E-state index in [1.54, 1.807) is 11.3 Å². The molecule has 0 aromatic carbocycles. The molecular weight excluding hydrogens is 264 g/mol. The van der Waals surface area contributed by atoms with E-state index in [2.05, 4.69) is 6.26 Å². The molecule has 2 N–H and O–H groups in total. The number of nitrogens with two attached hydrogens (primary N) is 1. The van der Waals surface area contributed by atoms with Crippen molar-refractivity contribution in [1.82, 2.24) is 4.90 Å². The number of rotatable bonds is 3. The van der Waals surface area contributed by atoms with Crippen molar-refractivity contribution in [2.75, 3.05) is 19.3 Å². The maximum atomic E-state index is 12.3. The molecule has 18 heavy (non-hydrogen) atoms. The molecule has 1 saturated heterocycles. The van der Waals surface area contributed by atoms with Gasteiger partial charge >= 0.3 is 0 Å².